The molecular weight excluding hydrogens is 238 g/mol. The molecule has 106 valence electrons. The summed E-state index contributed by atoms with van der Waals surface area (Å²) in [5, 5.41) is 3.66. The number of unbranched alkanes of at least 4 members (excludes halogenated alkanes) is 1. The lowest BCUT2D eigenvalue weighted by molar-refractivity contribution is 0.346. The fraction of sp³-hybridized carbons (Fsp3) is 0.625. The van der Waals surface area contributed by atoms with E-state index in [0.29, 0.717) is 6.04 Å². The summed E-state index contributed by atoms with van der Waals surface area (Å²) in [4.78, 5) is 0. The molecule has 0 aliphatic heterocycles. The molecule has 0 saturated heterocycles. The minimum absolute atomic E-state index is 0.608. The molecule has 3 nitrogen and oxygen atoms in total. The molecule has 0 aromatic heterocycles. The number of methoxy groups -OCH3 is 2. The average Bonchev–Trinajstić information content (AvgIpc) is 2.46. The molecule has 0 unspecified atom stereocenters. The van der Waals surface area contributed by atoms with E-state index in [1.54, 1.807) is 14.2 Å². The summed E-state index contributed by atoms with van der Waals surface area (Å²) in [6.45, 7) is 3.36. The van der Waals surface area contributed by atoms with Crippen LogP contribution < -0.4 is 14.8 Å². The molecule has 0 heterocycles. The van der Waals surface area contributed by atoms with Gasteiger partial charge in [0.15, 0.2) is 11.5 Å². The molecule has 1 aliphatic carbocycles. The second-order valence-electron chi connectivity index (χ2n) is 5.19. The minimum atomic E-state index is 0.608. The molecule has 19 heavy (non-hydrogen) atoms. The van der Waals surface area contributed by atoms with E-state index in [0.717, 1.165) is 30.9 Å². The van der Waals surface area contributed by atoms with Crippen molar-refractivity contribution in [3.8, 4) is 11.5 Å². The number of hydrogen-bond donors (Lipinski definition) is 1. The Morgan fingerprint density at radius 3 is 2.79 bits per heavy atom. The molecule has 1 N–H and O–H groups in total. The van der Waals surface area contributed by atoms with Crippen LogP contribution in [0.2, 0.25) is 0 Å². The highest BCUT2D eigenvalue weighted by atomic mass is 16.5. The maximum absolute atomic E-state index is 5.52. The van der Waals surface area contributed by atoms with Crippen LogP contribution in [0.4, 0.5) is 0 Å². The van der Waals surface area contributed by atoms with Gasteiger partial charge in [0, 0.05) is 11.6 Å². The highest BCUT2D eigenvalue weighted by Gasteiger charge is 2.22. The summed E-state index contributed by atoms with van der Waals surface area (Å²) in [7, 11) is 3.42. The lowest BCUT2D eigenvalue weighted by Crippen LogP contribution is -2.35. The normalized spacial score (nSPS) is 17.9. The van der Waals surface area contributed by atoms with Crippen LogP contribution in [0, 0.1) is 0 Å². The van der Waals surface area contributed by atoms with Crippen LogP contribution in [0.1, 0.15) is 37.3 Å². The molecule has 0 fully saturated rings. The van der Waals surface area contributed by atoms with Crippen LogP contribution in [-0.4, -0.2) is 26.8 Å². The van der Waals surface area contributed by atoms with Crippen molar-refractivity contribution in [2.24, 2.45) is 0 Å². The van der Waals surface area contributed by atoms with E-state index in [-0.39, 0.29) is 0 Å². The summed E-state index contributed by atoms with van der Waals surface area (Å²) in [6, 6.07) is 4.81. The van der Waals surface area contributed by atoms with Crippen LogP contribution in [0.15, 0.2) is 12.1 Å². The van der Waals surface area contributed by atoms with E-state index >= 15 is 0 Å². The van der Waals surface area contributed by atoms with E-state index in [1.807, 2.05) is 6.07 Å². The van der Waals surface area contributed by atoms with Crippen LogP contribution in [0.3, 0.4) is 0 Å². The van der Waals surface area contributed by atoms with Crippen LogP contribution in [0.5, 0.6) is 11.5 Å². The van der Waals surface area contributed by atoms with Gasteiger partial charge in [-0.1, -0.05) is 19.4 Å². The summed E-state index contributed by atoms with van der Waals surface area (Å²) < 4.78 is 10.9. The van der Waals surface area contributed by atoms with Crippen molar-refractivity contribution in [2.75, 3.05) is 20.8 Å². The van der Waals surface area contributed by atoms with Gasteiger partial charge < -0.3 is 14.8 Å². The number of hydrogen-bond acceptors (Lipinski definition) is 3. The average molecular weight is 263 g/mol. The molecule has 2 rings (SSSR count). The van der Waals surface area contributed by atoms with Crippen molar-refractivity contribution < 1.29 is 9.47 Å². The van der Waals surface area contributed by atoms with E-state index in [2.05, 4.69) is 18.3 Å². The Balaban J connectivity index is 2.09. The zero-order valence-electron chi connectivity index (χ0n) is 12.3. The van der Waals surface area contributed by atoms with E-state index in [9.17, 15) is 0 Å². The number of rotatable bonds is 6. The highest BCUT2D eigenvalue weighted by Crippen LogP contribution is 2.37. The second kappa shape index (κ2) is 6.80. The van der Waals surface area contributed by atoms with Crippen LogP contribution in [0.25, 0.3) is 0 Å². The smallest absolute Gasteiger partial charge is 0.164 e. The molecule has 0 radical (unpaired) electrons. The Kier molecular flexibility index (Phi) is 5.08. The zero-order valence-corrected chi connectivity index (χ0v) is 12.3. The first-order valence-corrected chi connectivity index (χ1v) is 7.26. The molecule has 1 atom stereocenters. The molecule has 3 heteroatoms. The first kappa shape index (κ1) is 14.2. The van der Waals surface area contributed by atoms with Gasteiger partial charge in [-0.15, -0.1) is 0 Å². The number of benzene rings is 1. The van der Waals surface area contributed by atoms with Gasteiger partial charge in [-0.05, 0) is 43.9 Å². The lowest BCUT2D eigenvalue weighted by atomic mass is 9.87. The van der Waals surface area contributed by atoms with Crippen molar-refractivity contribution in [1.82, 2.24) is 5.32 Å². The summed E-state index contributed by atoms with van der Waals surface area (Å²) >= 11 is 0. The van der Waals surface area contributed by atoms with Crippen LogP contribution >= 0.6 is 0 Å². The second-order valence-corrected chi connectivity index (χ2v) is 5.19. The largest absolute Gasteiger partial charge is 0.493 e. The van der Waals surface area contributed by atoms with Crippen molar-refractivity contribution in [3.63, 3.8) is 0 Å². The van der Waals surface area contributed by atoms with Gasteiger partial charge in [0.1, 0.15) is 0 Å². The van der Waals surface area contributed by atoms with Gasteiger partial charge >= 0.3 is 0 Å². The Morgan fingerprint density at radius 2 is 2.11 bits per heavy atom. The first-order chi connectivity index (χ1) is 9.30. The van der Waals surface area contributed by atoms with Crippen molar-refractivity contribution >= 4 is 0 Å². The van der Waals surface area contributed by atoms with Gasteiger partial charge in [0.2, 0.25) is 0 Å². The Labute approximate surface area is 116 Å². The standard InChI is InChI=1S/C16H25NO2/c1-4-5-10-17-13-7-8-14-12(11-13)6-9-15(18-2)16(14)19-3/h6,9,13,17H,4-5,7-8,10-11H2,1-3H3/t13-/m0/s1. The Morgan fingerprint density at radius 1 is 1.26 bits per heavy atom. The maximum Gasteiger partial charge on any atom is 0.164 e. The van der Waals surface area contributed by atoms with Gasteiger partial charge in [0.25, 0.3) is 0 Å². The number of fused-ring (bicyclic) bond motifs is 1. The maximum atomic E-state index is 5.52. The fourth-order valence-corrected chi connectivity index (χ4v) is 2.84. The molecule has 1 aromatic carbocycles. The van der Waals surface area contributed by atoms with Gasteiger partial charge in [-0.3, -0.25) is 0 Å². The number of ether oxygens (including phenoxy) is 2. The number of nitrogens with one attached hydrogen (secondary N) is 1. The molecule has 1 aromatic rings. The third-order valence-corrected chi connectivity index (χ3v) is 3.92. The predicted molar refractivity (Wildman–Crippen MR) is 78.3 cm³/mol. The SMILES string of the molecule is CCCCN[C@H]1CCc2c(ccc(OC)c2OC)C1. The molecule has 0 amide bonds. The predicted octanol–water partition coefficient (Wildman–Crippen LogP) is 2.95. The topological polar surface area (TPSA) is 30.5 Å². The van der Waals surface area contributed by atoms with E-state index in [4.69, 9.17) is 9.47 Å². The van der Waals surface area contributed by atoms with Gasteiger partial charge in [0.05, 0.1) is 14.2 Å². The van der Waals surface area contributed by atoms with E-state index in [1.165, 1.54) is 30.4 Å². The minimum Gasteiger partial charge on any atom is -0.493 e. The lowest BCUT2D eigenvalue weighted by Gasteiger charge is -2.27. The molecule has 0 bridgehead atoms. The fourth-order valence-electron chi connectivity index (χ4n) is 2.84. The first-order valence-electron chi connectivity index (χ1n) is 7.26. The quantitative estimate of drug-likeness (QED) is 0.800. The molecule has 1 aliphatic rings. The molecule has 0 spiro atoms. The Bertz CT molecular complexity index is 417. The van der Waals surface area contributed by atoms with Gasteiger partial charge in [-0.25, -0.2) is 0 Å². The Hall–Kier alpha value is -1.22. The van der Waals surface area contributed by atoms with Crippen molar-refractivity contribution in [1.29, 1.82) is 0 Å². The summed E-state index contributed by atoms with van der Waals surface area (Å²) in [5.41, 5.74) is 2.73. The third kappa shape index (κ3) is 3.21. The monoisotopic (exact) mass is 263 g/mol. The summed E-state index contributed by atoms with van der Waals surface area (Å²) in [5.74, 6) is 1.77. The van der Waals surface area contributed by atoms with E-state index < -0.39 is 0 Å². The third-order valence-electron chi connectivity index (χ3n) is 3.92. The van der Waals surface area contributed by atoms with Crippen LogP contribution in [-0.2, 0) is 12.8 Å². The molecular formula is C16H25NO2. The summed E-state index contributed by atoms with van der Waals surface area (Å²) in [6.07, 6.45) is 5.86. The molecule has 0 saturated carbocycles. The highest BCUT2D eigenvalue weighted by molar-refractivity contribution is 5.52. The van der Waals surface area contributed by atoms with Gasteiger partial charge in [-0.2, -0.15) is 0 Å². The van der Waals surface area contributed by atoms with Crippen molar-refractivity contribution in [2.45, 2.75) is 45.1 Å². The van der Waals surface area contributed by atoms with Crippen molar-refractivity contribution in [3.05, 3.63) is 23.3 Å². The zero-order chi connectivity index (χ0) is 13.7.